The molecule has 9 nitrogen and oxygen atoms in total. The summed E-state index contributed by atoms with van der Waals surface area (Å²) in [5, 5.41) is 2.58. The van der Waals surface area contributed by atoms with E-state index in [9.17, 15) is 21.6 Å². The first-order chi connectivity index (χ1) is 14.0. The van der Waals surface area contributed by atoms with Crippen LogP contribution in [0.1, 0.15) is 17.0 Å². The van der Waals surface area contributed by atoms with Crippen molar-refractivity contribution in [2.75, 3.05) is 35.3 Å². The van der Waals surface area contributed by atoms with Crippen LogP contribution in [0, 0.1) is 0 Å². The number of anilines is 2. The van der Waals surface area contributed by atoms with Gasteiger partial charge in [-0.3, -0.25) is 13.8 Å². The molecule has 0 bridgehead atoms. The molecule has 0 radical (unpaired) electrons. The highest BCUT2D eigenvalue weighted by Crippen LogP contribution is 2.39. The number of nitrogens with zero attached hydrogens (tertiary/aromatic N) is 1. The SMILES string of the molecule is CS(=O)(=O)OCC1CN(S(C)(=O)=O)c2cc(NC(=O)OCc3ccccc3)ccc21. The van der Waals surface area contributed by atoms with Gasteiger partial charge < -0.3 is 4.74 Å². The third kappa shape index (κ3) is 5.71. The molecule has 2 aromatic rings. The van der Waals surface area contributed by atoms with Crippen LogP contribution in [-0.2, 0) is 35.7 Å². The van der Waals surface area contributed by atoms with Crippen LogP contribution in [-0.4, -0.2) is 48.6 Å². The summed E-state index contributed by atoms with van der Waals surface area (Å²) in [4.78, 5) is 12.1. The van der Waals surface area contributed by atoms with E-state index < -0.39 is 32.2 Å². The normalized spacial score (nSPS) is 16.2. The van der Waals surface area contributed by atoms with Gasteiger partial charge in [-0.1, -0.05) is 36.4 Å². The first-order valence-electron chi connectivity index (χ1n) is 8.97. The number of rotatable bonds is 7. The van der Waals surface area contributed by atoms with E-state index in [2.05, 4.69) is 5.32 Å². The third-order valence-electron chi connectivity index (χ3n) is 4.47. The van der Waals surface area contributed by atoms with Crippen molar-refractivity contribution in [2.24, 2.45) is 0 Å². The molecule has 1 heterocycles. The van der Waals surface area contributed by atoms with Gasteiger partial charge in [0.25, 0.3) is 10.1 Å². The average molecular weight is 455 g/mol. The monoisotopic (exact) mass is 454 g/mol. The van der Waals surface area contributed by atoms with Crippen LogP contribution >= 0.6 is 0 Å². The van der Waals surface area contributed by atoms with Crippen LogP contribution in [0.15, 0.2) is 48.5 Å². The summed E-state index contributed by atoms with van der Waals surface area (Å²) in [5.41, 5.74) is 2.16. The zero-order valence-electron chi connectivity index (χ0n) is 16.4. The zero-order valence-corrected chi connectivity index (χ0v) is 18.1. The van der Waals surface area contributed by atoms with E-state index in [0.29, 0.717) is 16.9 Å². The average Bonchev–Trinajstić information content (AvgIpc) is 3.03. The number of nitrogens with one attached hydrogen (secondary N) is 1. The molecule has 1 atom stereocenters. The summed E-state index contributed by atoms with van der Waals surface area (Å²) < 4.78 is 58.2. The number of hydrogen-bond acceptors (Lipinski definition) is 7. The number of fused-ring (bicyclic) bond motifs is 1. The lowest BCUT2D eigenvalue weighted by molar-refractivity contribution is 0.155. The van der Waals surface area contributed by atoms with Crippen molar-refractivity contribution in [2.45, 2.75) is 12.5 Å². The van der Waals surface area contributed by atoms with Crippen LogP contribution in [0.4, 0.5) is 16.2 Å². The minimum absolute atomic E-state index is 0.0472. The lowest BCUT2D eigenvalue weighted by atomic mass is 10.0. The predicted octanol–water partition coefficient (Wildman–Crippen LogP) is 2.27. The van der Waals surface area contributed by atoms with Gasteiger partial charge in [0.05, 0.1) is 24.8 Å². The lowest BCUT2D eigenvalue weighted by Crippen LogP contribution is -2.29. The van der Waals surface area contributed by atoms with Gasteiger partial charge in [0.2, 0.25) is 10.0 Å². The van der Waals surface area contributed by atoms with E-state index in [1.54, 1.807) is 12.1 Å². The summed E-state index contributed by atoms with van der Waals surface area (Å²) >= 11 is 0. The standard InChI is InChI=1S/C19H22N2O7S2/c1-29(23,24)21-11-15(13-28-30(2,25)26)17-9-8-16(10-18(17)21)20-19(22)27-12-14-6-4-3-5-7-14/h3-10,15H,11-13H2,1-2H3,(H,20,22). The highest BCUT2D eigenvalue weighted by Gasteiger charge is 2.34. The number of ether oxygens (including phenoxy) is 1. The summed E-state index contributed by atoms with van der Waals surface area (Å²) in [5.74, 6) is -0.455. The molecule has 162 valence electrons. The molecule has 30 heavy (non-hydrogen) atoms. The Morgan fingerprint density at radius 3 is 2.43 bits per heavy atom. The van der Waals surface area contributed by atoms with Crippen molar-refractivity contribution in [3.8, 4) is 0 Å². The summed E-state index contributed by atoms with van der Waals surface area (Å²) in [6.07, 6.45) is 1.32. The van der Waals surface area contributed by atoms with E-state index >= 15 is 0 Å². The second-order valence-corrected chi connectivity index (χ2v) is 10.5. The lowest BCUT2D eigenvalue weighted by Gasteiger charge is -2.17. The van der Waals surface area contributed by atoms with Crippen LogP contribution in [0.5, 0.6) is 0 Å². The molecule has 1 amide bonds. The number of sulfonamides is 1. The minimum Gasteiger partial charge on any atom is -0.444 e. The Morgan fingerprint density at radius 2 is 1.80 bits per heavy atom. The first-order valence-corrected chi connectivity index (χ1v) is 12.6. The molecule has 0 saturated carbocycles. The molecular formula is C19H22N2O7S2. The van der Waals surface area contributed by atoms with Gasteiger partial charge in [0.1, 0.15) is 6.61 Å². The Labute approximate surface area is 175 Å². The van der Waals surface area contributed by atoms with Crippen LogP contribution in [0.25, 0.3) is 0 Å². The van der Waals surface area contributed by atoms with Gasteiger partial charge in [0.15, 0.2) is 0 Å². The molecule has 0 aliphatic carbocycles. The molecule has 1 N–H and O–H groups in total. The van der Waals surface area contributed by atoms with Crippen molar-refractivity contribution >= 4 is 37.6 Å². The molecule has 1 aliphatic rings. The molecule has 11 heteroatoms. The summed E-state index contributed by atoms with van der Waals surface area (Å²) in [6, 6.07) is 13.9. The Hall–Kier alpha value is -2.63. The maximum absolute atomic E-state index is 12.2. The fraction of sp³-hybridized carbons (Fsp3) is 0.316. The number of benzene rings is 2. The zero-order chi connectivity index (χ0) is 21.9. The first kappa shape index (κ1) is 22.1. The molecule has 2 aromatic carbocycles. The second kappa shape index (κ2) is 8.62. The van der Waals surface area contributed by atoms with E-state index in [1.165, 1.54) is 10.4 Å². The second-order valence-electron chi connectivity index (χ2n) is 6.94. The smallest absolute Gasteiger partial charge is 0.411 e. The molecule has 1 aliphatic heterocycles. The van der Waals surface area contributed by atoms with Gasteiger partial charge >= 0.3 is 6.09 Å². The largest absolute Gasteiger partial charge is 0.444 e. The van der Waals surface area contributed by atoms with Gasteiger partial charge in [-0.15, -0.1) is 0 Å². The van der Waals surface area contributed by atoms with Crippen molar-refractivity contribution < 1.29 is 30.6 Å². The number of hydrogen-bond donors (Lipinski definition) is 1. The van der Waals surface area contributed by atoms with E-state index in [-0.39, 0.29) is 19.8 Å². The highest BCUT2D eigenvalue weighted by molar-refractivity contribution is 7.92. The van der Waals surface area contributed by atoms with Crippen molar-refractivity contribution in [1.29, 1.82) is 0 Å². The summed E-state index contributed by atoms with van der Waals surface area (Å²) in [7, 11) is -7.27. The van der Waals surface area contributed by atoms with Crippen LogP contribution in [0.2, 0.25) is 0 Å². The number of carbonyl (C=O) groups excluding carboxylic acids is 1. The maximum atomic E-state index is 12.2. The highest BCUT2D eigenvalue weighted by atomic mass is 32.2. The van der Waals surface area contributed by atoms with Crippen molar-refractivity contribution in [3.05, 3.63) is 59.7 Å². The molecule has 0 aromatic heterocycles. The fourth-order valence-electron chi connectivity index (χ4n) is 3.12. The molecule has 0 saturated heterocycles. The minimum atomic E-state index is -3.66. The van der Waals surface area contributed by atoms with Gasteiger partial charge in [-0.05, 0) is 23.3 Å². The summed E-state index contributed by atoms with van der Waals surface area (Å²) in [6.45, 7) is -0.0344. The molecule has 1 unspecified atom stereocenters. The maximum Gasteiger partial charge on any atom is 0.411 e. The Bertz CT molecular complexity index is 1130. The van der Waals surface area contributed by atoms with E-state index in [0.717, 1.165) is 18.1 Å². The Balaban J connectivity index is 1.75. The molecule has 0 fully saturated rings. The number of carbonyl (C=O) groups is 1. The molecule has 3 rings (SSSR count). The fourth-order valence-corrected chi connectivity index (χ4v) is 4.50. The Kier molecular flexibility index (Phi) is 6.34. The van der Waals surface area contributed by atoms with Gasteiger partial charge in [-0.2, -0.15) is 8.42 Å². The van der Waals surface area contributed by atoms with Gasteiger partial charge in [-0.25, -0.2) is 13.2 Å². The molecule has 0 spiro atoms. The van der Waals surface area contributed by atoms with Crippen LogP contribution < -0.4 is 9.62 Å². The van der Waals surface area contributed by atoms with E-state index in [4.69, 9.17) is 8.92 Å². The van der Waals surface area contributed by atoms with Gasteiger partial charge in [0, 0.05) is 18.2 Å². The van der Waals surface area contributed by atoms with E-state index in [1.807, 2.05) is 30.3 Å². The Morgan fingerprint density at radius 1 is 1.10 bits per heavy atom. The number of amides is 1. The van der Waals surface area contributed by atoms with Crippen molar-refractivity contribution in [1.82, 2.24) is 0 Å². The quantitative estimate of drug-likeness (QED) is 0.638. The van der Waals surface area contributed by atoms with Crippen LogP contribution in [0.3, 0.4) is 0 Å². The third-order valence-corrected chi connectivity index (χ3v) is 6.18. The molecular weight excluding hydrogens is 432 g/mol. The van der Waals surface area contributed by atoms with Crippen molar-refractivity contribution in [3.63, 3.8) is 0 Å². The predicted molar refractivity (Wildman–Crippen MR) is 112 cm³/mol. The topological polar surface area (TPSA) is 119 Å².